The summed E-state index contributed by atoms with van der Waals surface area (Å²) in [4.78, 5) is 10.8. The fraction of sp³-hybridized carbons (Fsp3) is 0.462. The molecule has 2 rings (SSSR count). The number of carbonyl (C=O) groups is 1. The lowest BCUT2D eigenvalue weighted by Gasteiger charge is -2.10. The standard InChI is InChI=1S/C13H14F3NO3S/c14-13(15,16)20-9-3-1-8(2-4-9)7-21-10-5-11(12(18)19)17-6-10/h1-4,10-11,17H,5-7H2,(H,18,19). The van der Waals surface area contributed by atoms with Crippen molar-refractivity contribution in [3.8, 4) is 5.75 Å². The minimum atomic E-state index is -4.68. The van der Waals surface area contributed by atoms with Crippen molar-refractivity contribution < 1.29 is 27.8 Å². The van der Waals surface area contributed by atoms with Gasteiger partial charge in [-0.3, -0.25) is 4.79 Å². The molecule has 2 N–H and O–H groups in total. The van der Waals surface area contributed by atoms with Crippen molar-refractivity contribution in [2.75, 3.05) is 6.54 Å². The number of halogens is 3. The highest BCUT2D eigenvalue weighted by atomic mass is 32.2. The maximum atomic E-state index is 12.0. The summed E-state index contributed by atoms with van der Waals surface area (Å²) in [5, 5.41) is 12.0. The van der Waals surface area contributed by atoms with Gasteiger partial charge in [-0.2, -0.15) is 11.8 Å². The maximum Gasteiger partial charge on any atom is 0.573 e. The fourth-order valence-electron chi connectivity index (χ4n) is 2.02. The summed E-state index contributed by atoms with van der Waals surface area (Å²) in [6.45, 7) is 0.622. The number of nitrogens with one attached hydrogen (secondary N) is 1. The molecule has 2 atom stereocenters. The van der Waals surface area contributed by atoms with Crippen molar-refractivity contribution in [2.24, 2.45) is 0 Å². The Kier molecular flexibility index (Phi) is 5.00. The monoisotopic (exact) mass is 321 g/mol. The van der Waals surface area contributed by atoms with Gasteiger partial charge < -0.3 is 15.2 Å². The first-order valence-corrected chi connectivity index (χ1v) is 7.31. The van der Waals surface area contributed by atoms with Gasteiger partial charge in [0.1, 0.15) is 11.8 Å². The Labute approximate surface area is 123 Å². The van der Waals surface area contributed by atoms with Gasteiger partial charge in [0.25, 0.3) is 0 Å². The molecule has 1 heterocycles. The zero-order valence-electron chi connectivity index (χ0n) is 10.9. The number of alkyl halides is 3. The number of aliphatic carboxylic acids is 1. The Morgan fingerprint density at radius 3 is 2.57 bits per heavy atom. The Balaban J connectivity index is 1.80. The van der Waals surface area contributed by atoms with Crippen LogP contribution in [0.15, 0.2) is 24.3 Å². The highest BCUT2D eigenvalue weighted by Gasteiger charge is 2.31. The van der Waals surface area contributed by atoms with Crippen molar-refractivity contribution in [1.29, 1.82) is 0 Å². The summed E-state index contributed by atoms with van der Waals surface area (Å²) in [7, 11) is 0. The van der Waals surface area contributed by atoms with E-state index in [0.717, 1.165) is 5.56 Å². The molecule has 1 aliphatic heterocycles. The Morgan fingerprint density at radius 2 is 2.05 bits per heavy atom. The van der Waals surface area contributed by atoms with Crippen molar-refractivity contribution >= 4 is 17.7 Å². The first-order valence-electron chi connectivity index (χ1n) is 6.26. The largest absolute Gasteiger partial charge is 0.573 e. The van der Waals surface area contributed by atoms with Crippen LogP contribution in [0.4, 0.5) is 13.2 Å². The molecule has 0 spiro atoms. The van der Waals surface area contributed by atoms with Crippen molar-refractivity contribution in [3.63, 3.8) is 0 Å². The number of hydrogen-bond acceptors (Lipinski definition) is 4. The zero-order valence-corrected chi connectivity index (χ0v) is 11.7. The molecule has 1 aliphatic rings. The van der Waals surface area contributed by atoms with E-state index < -0.39 is 18.4 Å². The molecule has 0 amide bonds. The molecular formula is C13H14F3NO3S. The lowest BCUT2D eigenvalue weighted by atomic mass is 10.2. The first-order chi connectivity index (χ1) is 9.83. The second-order valence-corrected chi connectivity index (χ2v) is 5.95. The highest BCUT2D eigenvalue weighted by molar-refractivity contribution is 7.99. The summed E-state index contributed by atoms with van der Waals surface area (Å²) < 4.78 is 39.8. The smallest absolute Gasteiger partial charge is 0.480 e. The van der Waals surface area contributed by atoms with Gasteiger partial charge in [0.2, 0.25) is 0 Å². The van der Waals surface area contributed by atoms with Crippen LogP contribution in [-0.2, 0) is 10.5 Å². The number of ether oxygens (including phenoxy) is 1. The van der Waals surface area contributed by atoms with E-state index >= 15 is 0 Å². The molecule has 0 aliphatic carbocycles. The van der Waals surface area contributed by atoms with E-state index in [1.165, 1.54) is 12.1 Å². The topological polar surface area (TPSA) is 58.6 Å². The van der Waals surface area contributed by atoms with E-state index in [-0.39, 0.29) is 11.0 Å². The van der Waals surface area contributed by atoms with Crippen LogP contribution in [0.5, 0.6) is 5.75 Å². The van der Waals surface area contributed by atoms with Gasteiger partial charge >= 0.3 is 12.3 Å². The number of carboxylic acids is 1. The Morgan fingerprint density at radius 1 is 1.38 bits per heavy atom. The first kappa shape index (κ1) is 16.0. The van der Waals surface area contributed by atoms with Crippen LogP contribution in [0.2, 0.25) is 0 Å². The van der Waals surface area contributed by atoms with Gasteiger partial charge in [0.15, 0.2) is 0 Å². The van der Waals surface area contributed by atoms with E-state index in [1.54, 1.807) is 23.9 Å². The molecule has 1 fully saturated rings. The lowest BCUT2D eigenvalue weighted by molar-refractivity contribution is -0.274. The molecule has 1 aromatic rings. The average molecular weight is 321 g/mol. The molecule has 0 saturated carbocycles. The minimum absolute atomic E-state index is 0.192. The molecule has 0 aromatic heterocycles. The molecule has 4 nitrogen and oxygen atoms in total. The SMILES string of the molecule is O=C(O)C1CC(SCc2ccc(OC(F)(F)F)cc2)CN1. The normalized spacial score (nSPS) is 22.2. The third-order valence-corrected chi connectivity index (χ3v) is 4.36. The molecule has 116 valence electrons. The van der Waals surface area contributed by atoms with Crippen LogP contribution in [0.3, 0.4) is 0 Å². The molecule has 21 heavy (non-hydrogen) atoms. The summed E-state index contributed by atoms with van der Waals surface area (Å²) in [6, 6.07) is 5.19. The third kappa shape index (κ3) is 5.13. The van der Waals surface area contributed by atoms with E-state index in [2.05, 4.69) is 10.1 Å². The number of carboxylic acid groups (broad SMARTS) is 1. The third-order valence-electron chi connectivity index (χ3n) is 3.03. The fourth-order valence-corrected chi connectivity index (χ4v) is 3.18. The van der Waals surface area contributed by atoms with Crippen LogP contribution in [0, 0.1) is 0 Å². The summed E-state index contributed by atoms with van der Waals surface area (Å²) in [6.07, 6.45) is -4.13. The van der Waals surface area contributed by atoms with Gasteiger partial charge in [-0.05, 0) is 24.1 Å². The second kappa shape index (κ2) is 6.57. The highest BCUT2D eigenvalue weighted by Crippen LogP contribution is 2.27. The van der Waals surface area contributed by atoms with Gasteiger partial charge in [0, 0.05) is 17.5 Å². The predicted molar refractivity (Wildman–Crippen MR) is 72.3 cm³/mol. The molecule has 0 bridgehead atoms. The minimum Gasteiger partial charge on any atom is -0.480 e. The van der Waals surface area contributed by atoms with E-state index in [1.807, 2.05) is 0 Å². The maximum absolute atomic E-state index is 12.0. The van der Waals surface area contributed by atoms with Crippen molar-refractivity contribution in [2.45, 2.75) is 29.8 Å². The molecular weight excluding hydrogens is 307 g/mol. The molecule has 8 heteroatoms. The van der Waals surface area contributed by atoms with Crippen molar-refractivity contribution in [1.82, 2.24) is 5.32 Å². The summed E-state index contributed by atoms with van der Waals surface area (Å²) in [5.41, 5.74) is 0.869. The zero-order chi connectivity index (χ0) is 15.5. The second-order valence-electron chi connectivity index (χ2n) is 4.66. The number of hydrogen-bond donors (Lipinski definition) is 2. The van der Waals surface area contributed by atoms with Crippen LogP contribution in [0.1, 0.15) is 12.0 Å². The predicted octanol–water partition coefficient (Wildman–Crippen LogP) is 2.63. The molecule has 0 radical (unpaired) electrons. The number of rotatable bonds is 5. The van der Waals surface area contributed by atoms with Crippen molar-refractivity contribution in [3.05, 3.63) is 29.8 Å². The summed E-state index contributed by atoms with van der Waals surface area (Å²) >= 11 is 1.59. The van der Waals surface area contributed by atoms with Gasteiger partial charge in [-0.25, -0.2) is 0 Å². The van der Waals surface area contributed by atoms with Gasteiger partial charge in [-0.15, -0.1) is 13.2 Å². The molecule has 1 aromatic carbocycles. The average Bonchev–Trinajstić information content (AvgIpc) is 2.85. The Hall–Kier alpha value is -1.41. The van der Waals surface area contributed by atoms with Crippen LogP contribution in [-0.4, -0.2) is 35.3 Å². The number of thioether (sulfide) groups is 1. The quantitative estimate of drug-likeness (QED) is 0.873. The van der Waals surface area contributed by atoms with E-state index in [4.69, 9.17) is 5.11 Å². The van der Waals surface area contributed by atoms with Crippen LogP contribution < -0.4 is 10.1 Å². The number of benzene rings is 1. The molecule has 2 unspecified atom stereocenters. The van der Waals surface area contributed by atoms with E-state index in [9.17, 15) is 18.0 Å². The van der Waals surface area contributed by atoms with Gasteiger partial charge in [0.05, 0.1) is 0 Å². The van der Waals surface area contributed by atoms with E-state index in [0.29, 0.717) is 18.7 Å². The lowest BCUT2D eigenvalue weighted by Crippen LogP contribution is -2.29. The molecule has 1 saturated heterocycles. The van der Waals surface area contributed by atoms with Crippen LogP contribution >= 0.6 is 11.8 Å². The summed E-state index contributed by atoms with van der Waals surface area (Å²) in [5.74, 6) is -0.484. The Bertz CT molecular complexity index is 492. The van der Waals surface area contributed by atoms with Gasteiger partial charge in [-0.1, -0.05) is 12.1 Å². The van der Waals surface area contributed by atoms with Crippen LogP contribution in [0.25, 0.3) is 0 Å².